The molecule has 0 bridgehead atoms. The van der Waals surface area contributed by atoms with E-state index in [0.717, 1.165) is 0 Å². The molecule has 1 heterocycles. The molecule has 2 unspecified atom stereocenters. The minimum Gasteiger partial charge on any atom is -0.346 e. The lowest BCUT2D eigenvalue weighted by atomic mass is 10.2. The minimum absolute atomic E-state index is 0.329. The van der Waals surface area contributed by atoms with Crippen LogP contribution in [0.5, 0.6) is 0 Å². The van der Waals surface area contributed by atoms with Gasteiger partial charge >= 0.3 is 6.03 Å². The van der Waals surface area contributed by atoms with Crippen LogP contribution in [0, 0.1) is 12.7 Å². The van der Waals surface area contributed by atoms with E-state index in [1.165, 1.54) is 17.8 Å². The highest BCUT2D eigenvalue weighted by Crippen LogP contribution is 2.15. The number of carbonyl (C=O) groups excluding carboxylic acids is 2. The molecule has 0 saturated carbocycles. The molecule has 2 rings (SSSR count). The number of urea groups is 1. The lowest BCUT2D eigenvalue weighted by molar-refractivity contribution is -0.123. The molecule has 2 atom stereocenters. The van der Waals surface area contributed by atoms with Gasteiger partial charge in [-0.25, -0.2) is 13.9 Å². The maximum atomic E-state index is 13.7. The zero-order valence-electron chi connectivity index (χ0n) is 14.5. The van der Waals surface area contributed by atoms with Crippen LogP contribution in [0.25, 0.3) is 5.69 Å². The molecular formula is C16H21FN6O2. The summed E-state index contributed by atoms with van der Waals surface area (Å²) in [6.45, 7) is 5.00. The number of benzene rings is 1. The van der Waals surface area contributed by atoms with Crippen molar-refractivity contribution >= 4 is 11.9 Å². The second kappa shape index (κ2) is 7.73. The summed E-state index contributed by atoms with van der Waals surface area (Å²) in [5.74, 6) is -0.683. The summed E-state index contributed by atoms with van der Waals surface area (Å²) in [5.41, 5.74) is 1.60. The zero-order chi connectivity index (χ0) is 18.6. The molecule has 134 valence electrons. The van der Waals surface area contributed by atoms with E-state index >= 15 is 0 Å². The number of hydrogen-bond acceptors (Lipinski definition) is 4. The molecule has 2 aromatic rings. The number of nitrogens with zero attached hydrogens (tertiary/aromatic N) is 3. The second-order valence-corrected chi connectivity index (χ2v) is 5.70. The van der Waals surface area contributed by atoms with E-state index in [1.54, 1.807) is 39.1 Å². The van der Waals surface area contributed by atoms with Crippen LogP contribution < -0.4 is 16.0 Å². The topological polar surface area (TPSA) is 101 Å². The van der Waals surface area contributed by atoms with E-state index in [-0.39, 0.29) is 11.7 Å². The summed E-state index contributed by atoms with van der Waals surface area (Å²) in [5, 5.41) is 15.6. The van der Waals surface area contributed by atoms with E-state index in [0.29, 0.717) is 16.9 Å². The first kappa shape index (κ1) is 18.4. The molecular weight excluding hydrogens is 327 g/mol. The molecule has 0 aliphatic rings. The Morgan fingerprint density at radius 2 is 1.96 bits per heavy atom. The zero-order valence-corrected chi connectivity index (χ0v) is 14.5. The van der Waals surface area contributed by atoms with Crippen molar-refractivity contribution in [2.75, 3.05) is 7.05 Å². The number of aromatic nitrogens is 3. The van der Waals surface area contributed by atoms with Crippen molar-refractivity contribution in [1.29, 1.82) is 0 Å². The number of aryl methyl sites for hydroxylation is 1. The summed E-state index contributed by atoms with van der Waals surface area (Å²) in [7, 11) is 1.47. The van der Waals surface area contributed by atoms with Gasteiger partial charge < -0.3 is 16.0 Å². The predicted molar refractivity (Wildman–Crippen MR) is 89.7 cm³/mol. The van der Waals surface area contributed by atoms with Gasteiger partial charge in [0.2, 0.25) is 5.91 Å². The Labute approximate surface area is 144 Å². The Hall–Kier alpha value is -2.97. The molecule has 3 N–H and O–H groups in total. The smallest absolute Gasteiger partial charge is 0.315 e. The minimum atomic E-state index is -0.705. The number of halogens is 1. The molecule has 0 aliphatic carbocycles. The second-order valence-electron chi connectivity index (χ2n) is 5.70. The Bertz CT molecular complexity index is 776. The van der Waals surface area contributed by atoms with Crippen molar-refractivity contribution in [1.82, 2.24) is 30.9 Å². The van der Waals surface area contributed by atoms with Crippen LogP contribution in [-0.2, 0) is 4.79 Å². The third kappa shape index (κ3) is 4.52. The fourth-order valence-corrected chi connectivity index (χ4v) is 2.07. The number of rotatable bonds is 5. The summed E-state index contributed by atoms with van der Waals surface area (Å²) in [6.07, 6.45) is 1.62. The lowest BCUT2D eigenvalue weighted by Gasteiger charge is -2.16. The summed E-state index contributed by atoms with van der Waals surface area (Å²) in [4.78, 5) is 23.3. The van der Waals surface area contributed by atoms with Crippen LogP contribution >= 0.6 is 0 Å². The number of hydrogen-bond donors (Lipinski definition) is 3. The van der Waals surface area contributed by atoms with Crippen LogP contribution in [0.15, 0.2) is 24.4 Å². The first-order valence-corrected chi connectivity index (χ1v) is 7.79. The van der Waals surface area contributed by atoms with Gasteiger partial charge in [-0.1, -0.05) is 11.3 Å². The highest BCUT2D eigenvalue weighted by Gasteiger charge is 2.19. The maximum absolute atomic E-state index is 13.7. The van der Waals surface area contributed by atoms with E-state index in [2.05, 4.69) is 26.3 Å². The van der Waals surface area contributed by atoms with Crippen molar-refractivity contribution in [2.45, 2.75) is 32.9 Å². The average Bonchev–Trinajstić information content (AvgIpc) is 3.07. The molecule has 0 spiro atoms. The first-order valence-electron chi connectivity index (χ1n) is 7.79. The van der Waals surface area contributed by atoms with Crippen molar-refractivity contribution in [3.8, 4) is 5.69 Å². The van der Waals surface area contributed by atoms with E-state index in [1.807, 2.05) is 0 Å². The van der Waals surface area contributed by atoms with Gasteiger partial charge in [-0.15, -0.1) is 5.10 Å². The van der Waals surface area contributed by atoms with Crippen LogP contribution in [0.4, 0.5) is 9.18 Å². The molecule has 1 aromatic heterocycles. The molecule has 9 heteroatoms. The number of nitrogens with one attached hydrogen (secondary N) is 3. The van der Waals surface area contributed by atoms with Crippen molar-refractivity contribution in [3.05, 3.63) is 41.5 Å². The van der Waals surface area contributed by atoms with Crippen LogP contribution in [0.3, 0.4) is 0 Å². The van der Waals surface area contributed by atoms with E-state index in [9.17, 15) is 14.0 Å². The van der Waals surface area contributed by atoms with Crippen molar-refractivity contribution in [2.24, 2.45) is 0 Å². The predicted octanol–water partition coefficient (Wildman–Crippen LogP) is 1.21. The molecule has 0 fully saturated rings. The maximum Gasteiger partial charge on any atom is 0.315 e. The fraction of sp³-hybridized carbons (Fsp3) is 0.375. The number of carbonyl (C=O) groups is 2. The Kier molecular flexibility index (Phi) is 5.68. The van der Waals surface area contributed by atoms with Gasteiger partial charge in [-0.3, -0.25) is 4.79 Å². The van der Waals surface area contributed by atoms with E-state index < -0.39 is 18.1 Å². The Morgan fingerprint density at radius 1 is 1.24 bits per heavy atom. The summed E-state index contributed by atoms with van der Waals surface area (Å²) in [6, 6.07) is 3.18. The van der Waals surface area contributed by atoms with Crippen molar-refractivity contribution < 1.29 is 14.0 Å². The largest absolute Gasteiger partial charge is 0.346 e. The summed E-state index contributed by atoms with van der Waals surface area (Å²) < 4.78 is 15.1. The fourth-order valence-electron chi connectivity index (χ4n) is 2.07. The van der Waals surface area contributed by atoms with Gasteiger partial charge in [0.25, 0.3) is 0 Å². The van der Waals surface area contributed by atoms with Gasteiger partial charge in [0, 0.05) is 7.05 Å². The summed E-state index contributed by atoms with van der Waals surface area (Å²) >= 11 is 0. The van der Waals surface area contributed by atoms with Crippen LogP contribution in [0.2, 0.25) is 0 Å². The van der Waals surface area contributed by atoms with Gasteiger partial charge in [0.15, 0.2) is 0 Å². The molecule has 0 radical (unpaired) electrons. The molecule has 25 heavy (non-hydrogen) atoms. The van der Waals surface area contributed by atoms with Gasteiger partial charge in [-0.05, 0) is 38.5 Å². The monoisotopic (exact) mass is 348 g/mol. The quantitative estimate of drug-likeness (QED) is 0.756. The Morgan fingerprint density at radius 3 is 2.60 bits per heavy atom. The normalized spacial score (nSPS) is 13.0. The van der Waals surface area contributed by atoms with Gasteiger partial charge in [-0.2, -0.15) is 0 Å². The molecule has 0 saturated heterocycles. The molecule has 0 aliphatic heterocycles. The van der Waals surface area contributed by atoms with Gasteiger partial charge in [0.1, 0.15) is 17.6 Å². The van der Waals surface area contributed by atoms with E-state index in [4.69, 9.17) is 0 Å². The SMILES string of the molecule is CNC(=O)NC(C)C(=O)NC(C)c1cn(-c2ccc(C)c(F)c2)nn1. The van der Waals surface area contributed by atoms with Crippen molar-refractivity contribution in [3.63, 3.8) is 0 Å². The van der Waals surface area contributed by atoms with Crippen LogP contribution in [-0.4, -0.2) is 40.0 Å². The average molecular weight is 348 g/mol. The van der Waals surface area contributed by atoms with Crippen LogP contribution in [0.1, 0.15) is 31.1 Å². The standard InChI is InChI=1S/C16H21FN6O2/c1-9-5-6-12(7-13(9)17)23-8-14(21-22-23)10(2)19-15(24)11(3)20-16(25)18-4/h5-8,10-11H,1-4H3,(H,19,24)(H2,18,20,25). The highest BCUT2D eigenvalue weighted by atomic mass is 19.1. The lowest BCUT2D eigenvalue weighted by Crippen LogP contribution is -2.48. The third-order valence-corrected chi connectivity index (χ3v) is 3.70. The highest BCUT2D eigenvalue weighted by molar-refractivity contribution is 5.86. The Balaban J connectivity index is 2.04. The number of amides is 3. The van der Waals surface area contributed by atoms with Gasteiger partial charge in [0.05, 0.1) is 17.9 Å². The first-order chi connectivity index (χ1) is 11.8. The third-order valence-electron chi connectivity index (χ3n) is 3.70. The molecule has 8 nitrogen and oxygen atoms in total. The molecule has 1 aromatic carbocycles. The molecule has 3 amide bonds.